The van der Waals surface area contributed by atoms with Crippen LogP contribution in [0.5, 0.6) is 0 Å². The number of hydrogen-bond acceptors (Lipinski definition) is 3. The molecule has 0 saturated heterocycles. The van der Waals surface area contributed by atoms with Crippen LogP contribution < -0.4 is 5.32 Å². The predicted octanol–water partition coefficient (Wildman–Crippen LogP) is 3.30. The van der Waals surface area contributed by atoms with Gasteiger partial charge in [0.1, 0.15) is 0 Å². The fraction of sp³-hybridized carbons (Fsp3) is 0.211. The fourth-order valence-corrected chi connectivity index (χ4v) is 3.10. The molecule has 116 valence electrons. The molecule has 0 spiro atoms. The maximum absolute atomic E-state index is 4.14. The molecule has 0 amide bonds. The number of imidazole rings is 1. The van der Waals surface area contributed by atoms with E-state index in [0.29, 0.717) is 0 Å². The van der Waals surface area contributed by atoms with E-state index in [2.05, 4.69) is 63.7 Å². The third-order valence-corrected chi connectivity index (χ3v) is 4.28. The maximum atomic E-state index is 4.14. The predicted molar refractivity (Wildman–Crippen MR) is 92.6 cm³/mol. The van der Waals surface area contributed by atoms with Gasteiger partial charge in [-0.25, -0.2) is 4.98 Å². The van der Waals surface area contributed by atoms with E-state index in [1.54, 1.807) is 0 Å². The van der Waals surface area contributed by atoms with Gasteiger partial charge in [0, 0.05) is 49.9 Å². The molecule has 2 heterocycles. The van der Waals surface area contributed by atoms with Crippen molar-refractivity contribution in [1.29, 1.82) is 0 Å². The molecule has 4 nitrogen and oxygen atoms in total. The minimum absolute atomic E-state index is 0.958. The number of hydrogen-bond donors (Lipinski definition) is 1. The molecule has 1 aliphatic heterocycles. The number of nitrogens with zero attached hydrogens (tertiary/aromatic N) is 3. The Bertz CT molecular complexity index is 765. The van der Waals surface area contributed by atoms with Gasteiger partial charge < -0.3 is 9.88 Å². The lowest BCUT2D eigenvalue weighted by Gasteiger charge is -2.20. The molecule has 0 saturated carbocycles. The molecule has 0 radical (unpaired) electrons. The molecule has 0 atom stereocenters. The Balaban J connectivity index is 1.58. The van der Waals surface area contributed by atoms with E-state index in [0.717, 1.165) is 31.9 Å². The minimum Gasteiger partial charge on any atom is -0.383 e. The van der Waals surface area contributed by atoms with Gasteiger partial charge in [-0.2, -0.15) is 0 Å². The Kier molecular flexibility index (Phi) is 3.82. The van der Waals surface area contributed by atoms with Crippen molar-refractivity contribution in [3.8, 4) is 5.69 Å². The van der Waals surface area contributed by atoms with Crippen LogP contribution in [0, 0.1) is 0 Å². The van der Waals surface area contributed by atoms with E-state index in [1.807, 2.05) is 23.3 Å². The lowest BCUT2D eigenvalue weighted by atomic mass is 10.1. The van der Waals surface area contributed by atoms with Crippen molar-refractivity contribution in [3.63, 3.8) is 0 Å². The lowest BCUT2D eigenvalue weighted by molar-refractivity contribution is 0.272. The van der Waals surface area contributed by atoms with Crippen molar-refractivity contribution in [1.82, 2.24) is 14.5 Å². The maximum Gasteiger partial charge on any atom is 0.0991 e. The van der Waals surface area contributed by atoms with Crippen LogP contribution >= 0.6 is 0 Å². The smallest absolute Gasteiger partial charge is 0.0991 e. The summed E-state index contributed by atoms with van der Waals surface area (Å²) in [7, 11) is 0. The summed E-state index contributed by atoms with van der Waals surface area (Å²) in [5, 5.41) is 3.55. The Morgan fingerprint density at radius 3 is 2.83 bits per heavy atom. The summed E-state index contributed by atoms with van der Waals surface area (Å²) in [4.78, 5) is 6.63. The molecule has 0 fully saturated rings. The van der Waals surface area contributed by atoms with Gasteiger partial charge >= 0.3 is 0 Å². The molecule has 4 rings (SSSR count). The van der Waals surface area contributed by atoms with Crippen molar-refractivity contribution in [2.24, 2.45) is 0 Å². The molecule has 0 bridgehead atoms. The quantitative estimate of drug-likeness (QED) is 0.806. The van der Waals surface area contributed by atoms with E-state index in [-0.39, 0.29) is 0 Å². The summed E-state index contributed by atoms with van der Waals surface area (Å²) in [5.74, 6) is 0. The average molecular weight is 304 g/mol. The number of rotatable bonds is 3. The average Bonchev–Trinajstić information content (AvgIpc) is 3.04. The standard InChI is InChI=1S/C19H20N4/c1-2-4-16(5-3-1)13-22-10-9-21-19-7-6-18(12-17(19)14-22)23-11-8-20-15-23/h1-8,11-12,15,21H,9-10,13-14H2. The largest absolute Gasteiger partial charge is 0.383 e. The highest BCUT2D eigenvalue weighted by Crippen LogP contribution is 2.24. The molecule has 1 aromatic heterocycles. The summed E-state index contributed by atoms with van der Waals surface area (Å²) in [6.45, 7) is 3.96. The van der Waals surface area contributed by atoms with Crippen molar-refractivity contribution in [2.75, 3.05) is 18.4 Å². The van der Waals surface area contributed by atoms with Gasteiger partial charge in [-0.1, -0.05) is 30.3 Å². The summed E-state index contributed by atoms with van der Waals surface area (Å²) >= 11 is 0. The highest BCUT2D eigenvalue weighted by molar-refractivity contribution is 5.56. The van der Waals surface area contributed by atoms with Gasteiger partial charge in [0.15, 0.2) is 0 Å². The van der Waals surface area contributed by atoms with Crippen LogP contribution in [0.3, 0.4) is 0 Å². The van der Waals surface area contributed by atoms with E-state index in [9.17, 15) is 0 Å². The van der Waals surface area contributed by atoms with Crippen LogP contribution in [0.1, 0.15) is 11.1 Å². The number of nitrogens with one attached hydrogen (secondary N) is 1. The Labute approximate surface area is 136 Å². The molecule has 0 aliphatic carbocycles. The molecular weight excluding hydrogens is 284 g/mol. The highest BCUT2D eigenvalue weighted by atomic mass is 15.2. The Morgan fingerprint density at radius 1 is 1.09 bits per heavy atom. The van der Waals surface area contributed by atoms with Gasteiger partial charge in [0.05, 0.1) is 6.33 Å². The monoisotopic (exact) mass is 304 g/mol. The molecular formula is C19H20N4. The summed E-state index contributed by atoms with van der Waals surface area (Å²) in [6.07, 6.45) is 5.63. The molecule has 4 heteroatoms. The van der Waals surface area contributed by atoms with Crippen LogP contribution in [-0.2, 0) is 13.1 Å². The molecule has 1 N–H and O–H groups in total. The Hall–Kier alpha value is -2.59. The molecule has 23 heavy (non-hydrogen) atoms. The zero-order chi connectivity index (χ0) is 15.5. The molecule has 2 aromatic carbocycles. The van der Waals surface area contributed by atoms with Crippen LogP contribution in [0.4, 0.5) is 5.69 Å². The summed E-state index contributed by atoms with van der Waals surface area (Å²) in [5.41, 5.74) is 5.10. The van der Waals surface area contributed by atoms with E-state index in [1.165, 1.54) is 16.8 Å². The highest BCUT2D eigenvalue weighted by Gasteiger charge is 2.15. The minimum atomic E-state index is 0.958. The van der Waals surface area contributed by atoms with Crippen LogP contribution in [0.15, 0.2) is 67.3 Å². The van der Waals surface area contributed by atoms with Gasteiger partial charge in [0.2, 0.25) is 0 Å². The van der Waals surface area contributed by atoms with Crippen molar-refractivity contribution >= 4 is 5.69 Å². The van der Waals surface area contributed by atoms with E-state index >= 15 is 0 Å². The summed E-state index contributed by atoms with van der Waals surface area (Å²) in [6, 6.07) is 17.2. The van der Waals surface area contributed by atoms with Crippen molar-refractivity contribution in [2.45, 2.75) is 13.1 Å². The van der Waals surface area contributed by atoms with Crippen LogP contribution in [-0.4, -0.2) is 27.5 Å². The number of anilines is 1. The summed E-state index contributed by atoms with van der Waals surface area (Å²) < 4.78 is 2.05. The third kappa shape index (κ3) is 3.12. The second-order valence-electron chi connectivity index (χ2n) is 5.93. The topological polar surface area (TPSA) is 33.1 Å². The zero-order valence-electron chi connectivity index (χ0n) is 13.0. The second kappa shape index (κ2) is 6.26. The lowest BCUT2D eigenvalue weighted by Crippen LogP contribution is -2.25. The molecule has 0 unspecified atom stereocenters. The van der Waals surface area contributed by atoms with Crippen LogP contribution in [0.25, 0.3) is 5.69 Å². The molecule has 1 aliphatic rings. The van der Waals surface area contributed by atoms with Gasteiger partial charge in [-0.15, -0.1) is 0 Å². The van der Waals surface area contributed by atoms with Crippen molar-refractivity contribution in [3.05, 3.63) is 78.4 Å². The first kappa shape index (κ1) is 14.0. The number of benzene rings is 2. The number of aromatic nitrogens is 2. The van der Waals surface area contributed by atoms with Gasteiger partial charge in [0.25, 0.3) is 0 Å². The van der Waals surface area contributed by atoms with E-state index in [4.69, 9.17) is 0 Å². The zero-order valence-corrected chi connectivity index (χ0v) is 13.0. The van der Waals surface area contributed by atoms with Crippen LogP contribution in [0.2, 0.25) is 0 Å². The van der Waals surface area contributed by atoms with Crippen molar-refractivity contribution < 1.29 is 0 Å². The van der Waals surface area contributed by atoms with Gasteiger partial charge in [-0.05, 0) is 29.3 Å². The van der Waals surface area contributed by atoms with E-state index < -0.39 is 0 Å². The first-order valence-corrected chi connectivity index (χ1v) is 8.00. The number of fused-ring (bicyclic) bond motifs is 1. The normalized spacial score (nSPS) is 14.8. The second-order valence-corrected chi connectivity index (χ2v) is 5.93. The molecule has 3 aromatic rings. The first-order chi connectivity index (χ1) is 11.4. The Morgan fingerprint density at radius 2 is 2.00 bits per heavy atom. The first-order valence-electron chi connectivity index (χ1n) is 8.00. The third-order valence-electron chi connectivity index (χ3n) is 4.28. The fourth-order valence-electron chi connectivity index (χ4n) is 3.10. The SMILES string of the molecule is c1ccc(CN2CCNc3ccc(-n4ccnc4)cc3C2)cc1. The van der Waals surface area contributed by atoms with Gasteiger partial charge in [-0.3, -0.25) is 4.90 Å².